The third-order valence-corrected chi connectivity index (χ3v) is 2.72. The number of nitrogens with one attached hydrogen (secondary N) is 1. The number of rotatable bonds is 5. The number of carboxylic acid groups (broad SMARTS) is 1. The Morgan fingerprint density at radius 3 is 2.07 bits per heavy atom. The molecule has 0 aliphatic rings. The Labute approximate surface area is 91.1 Å². The first kappa shape index (κ1) is 13.9. The highest BCUT2D eigenvalue weighted by Gasteiger charge is 2.31. The molecule has 0 aromatic heterocycles. The van der Waals surface area contributed by atoms with E-state index in [1.165, 1.54) is 0 Å². The summed E-state index contributed by atoms with van der Waals surface area (Å²) in [5, 5.41) is 11.5. The van der Waals surface area contributed by atoms with Gasteiger partial charge in [-0.25, -0.2) is 4.79 Å². The Hall–Kier alpha value is -1.06. The van der Waals surface area contributed by atoms with E-state index in [-0.39, 0.29) is 11.8 Å². The molecule has 4 nitrogen and oxygen atoms in total. The molecule has 0 aliphatic carbocycles. The highest BCUT2D eigenvalue weighted by Crippen LogP contribution is 2.20. The summed E-state index contributed by atoms with van der Waals surface area (Å²) in [6.07, 6.45) is 0.684. The van der Waals surface area contributed by atoms with Crippen LogP contribution in [0.1, 0.15) is 41.0 Å². The summed E-state index contributed by atoms with van der Waals surface area (Å²) in [6, 6.07) is -0.802. The van der Waals surface area contributed by atoms with Gasteiger partial charge in [-0.3, -0.25) is 4.79 Å². The number of hydrogen-bond donors (Lipinski definition) is 2. The van der Waals surface area contributed by atoms with E-state index >= 15 is 0 Å². The van der Waals surface area contributed by atoms with E-state index in [0.717, 1.165) is 0 Å². The molecule has 0 heterocycles. The Morgan fingerprint density at radius 1 is 1.33 bits per heavy atom. The Morgan fingerprint density at radius 2 is 1.80 bits per heavy atom. The van der Waals surface area contributed by atoms with Crippen molar-refractivity contribution in [2.45, 2.75) is 47.1 Å². The number of carbonyl (C=O) groups excluding carboxylic acids is 1. The second-order valence-electron chi connectivity index (χ2n) is 4.77. The largest absolute Gasteiger partial charge is 0.480 e. The first-order valence-corrected chi connectivity index (χ1v) is 5.26. The van der Waals surface area contributed by atoms with E-state index in [1.807, 2.05) is 20.8 Å². The quantitative estimate of drug-likeness (QED) is 0.732. The second-order valence-corrected chi connectivity index (χ2v) is 4.77. The van der Waals surface area contributed by atoms with Gasteiger partial charge in [-0.15, -0.1) is 0 Å². The lowest BCUT2D eigenvalue weighted by Crippen LogP contribution is -2.48. The minimum absolute atomic E-state index is 0.112. The van der Waals surface area contributed by atoms with Crippen LogP contribution >= 0.6 is 0 Å². The Kier molecular flexibility index (Phi) is 4.78. The SMILES string of the molecule is CCC(C)(C)C(=O)N[C@H](C(=O)O)C(C)C. The van der Waals surface area contributed by atoms with Crippen molar-refractivity contribution in [1.82, 2.24) is 5.32 Å². The van der Waals surface area contributed by atoms with Crippen LogP contribution in [0.15, 0.2) is 0 Å². The molecule has 0 bridgehead atoms. The molecule has 2 N–H and O–H groups in total. The van der Waals surface area contributed by atoms with Crippen LogP contribution in [0.4, 0.5) is 0 Å². The number of carboxylic acids is 1. The average molecular weight is 215 g/mol. The summed E-state index contributed by atoms with van der Waals surface area (Å²) in [7, 11) is 0. The molecule has 0 saturated heterocycles. The Bertz CT molecular complexity index is 246. The van der Waals surface area contributed by atoms with Crippen LogP contribution in [0.5, 0.6) is 0 Å². The molecule has 0 aromatic rings. The smallest absolute Gasteiger partial charge is 0.326 e. The van der Waals surface area contributed by atoms with Gasteiger partial charge in [0.15, 0.2) is 0 Å². The molecule has 1 amide bonds. The van der Waals surface area contributed by atoms with E-state index in [1.54, 1.807) is 13.8 Å². The van der Waals surface area contributed by atoms with E-state index in [4.69, 9.17) is 5.11 Å². The molecule has 0 saturated carbocycles. The van der Waals surface area contributed by atoms with Crippen LogP contribution in [0.25, 0.3) is 0 Å². The number of carbonyl (C=O) groups is 2. The van der Waals surface area contributed by atoms with Gasteiger partial charge in [0, 0.05) is 5.41 Å². The van der Waals surface area contributed by atoms with Crippen LogP contribution in [0, 0.1) is 11.3 Å². The minimum Gasteiger partial charge on any atom is -0.480 e. The van der Waals surface area contributed by atoms with Crippen molar-refractivity contribution in [3.8, 4) is 0 Å². The number of amides is 1. The lowest BCUT2D eigenvalue weighted by atomic mass is 9.88. The second kappa shape index (κ2) is 5.14. The summed E-state index contributed by atoms with van der Waals surface area (Å²) in [6.45, 7) is 9.07. The summed E-state index contributed by atoms with van der Waals surface area (Å²) < 4.78 is 0. The molecule has 0 fully saturated rings. The third kappa shape index (κ3) is 3.90. The van der Waals surface area contributed by atoms with Crippen LogP contribution in [0.3, 0.4) is 0 Å². The average Bonchev–Trinajstić information content (AvgIpc) is 2.12. The van der Waals surface area contributed by atoms with Gasteiger partial charge < -0.3 is 10.4 Å². The van der Waals surface area contributed by atoms with Gasteiger partial charge in [0.25, 0.3) is 0 Å². The molecule has 0 unspecified atom stereocenters. The van der Waals surface area contributed by atoms with Crippen LogP contribution in [-0.2, 0) is 9.59 Å². The first-order chi connectivity index (χ1) is 6.72. The van der Waals surface area contributed by atoms with Crippen LogP contribution < -0.4 is 5.32 Å². The molecule has 4 heteroatoms. The maximum absolute atomic E-state index is 11.7. The molecular weight excluding hydrogens is 194 g/mol. The molecule has 15 heavy (non-hydrogen) atoms. The molecule has 0 radical (unpaired) electrons. The Balaban J connectivity index is 4.57. The summed E-state index contributed by atoms with van der Waals surface area (Å²) >= 11 is 0. The highest BCUT2D eigenvalue weighted by molar-refractivity contribution is 5.87. The molecular formula is C11H21NO3. The number of hydrogen-bond acceptors (Lipinski definition) is 2. The molecule has 1 atom stereocenters. The predicted octanol–water partition coefficient (Wildman–Crippen LogP) is 1.65. The molecule has 0 aliphatic heterocycles. The van der Waals surface area contributed by atoms with Gasteiger partial charge in [0.2, 0.25) is 5.91 Å². The lowest BCUT2D eigenvalue weighted by molar-refractivity contribution is -0.144. The molecule has 0 aromatic carbocycles. The molecule has 88 valence electrons. The van der Waals surface area contributed by atoms with E-state index < -0.39 is 17.4 Å². The maximum atomic E-state index is 11.7. The maximum Gasteiger partial charge on any atom is 0.326 e. The lowest BCUT2D eigenvalue weighted by Gasteiger charge is -2.26. The van der Waals surface area contributed by atoms with Gasteiger partial charge in [-0.05, 0) is 12.3 Å². The monoisotopic (exact) mass is 215 g/mol. The highest BCUT2D eigenvalue weighted by atomic mass is 16.4. The van der Waals surface area contributed by atoms with Gasteiger partial charge in [-0.2, -0.15) is 0 Å². The van der Waals surface area contributed by atoms with Crippen LogP contribution in [-0.4, -0.2) is 23.0 Å². The number of aliphatic carboxylic acids is 1. The predicted molar refractivity (Wildman–Crippen MR) is 58.5 cm³/mol. The third-order valence-electron chi connectivity index (χ3n) is 2.72. The van der Waals surface area contributed by atoms with Crippen molar-refractivity contribution in [3.63, 3.8) is 0 Å². The van der Waals surface area contributed by atoms with E-state index in [2.05, 4.69) is 5.32 Å². The summed E-state index contributed by atoms with van der Waals surface area (Å²) in [4.78, 5) is 22.6. The van der Waals surface area contributed by atoms with Gasteiger partial charge in [-0.1, -0.05) is 34.6 Å². The van der Waals surface area contributed by atoms with Gasteiger partial charge >= 0.3 is 5.97 Å². The summed E-state index contributed by atoms with van der Waals surface area (Å²) in [5.41, 5.74) is -0.511. The minimum atomic E-state index is -0.981. The van der Waals surface area contributed by atoms with Gasteiger partial charge in [0.1, 0.15) is 6.04 Å². The summed E-state index contributed by atoms with van der Waals surface area (Å²) in [5.74, 6) is -1.30. The first-order valence-electron chi connectivity index (χ1n) is 5.26. The molecule has 0 spiro atoms. The fourth-order valence-corrected chi connectivity index (χ4v) is 1.01. The zero-order valence-electron chi connectivity index (χ0n) is 10.1. The van der Waals surface area contributed by atoms with E-state index in [9.17, 15) is 9.59 Å². The van der Waals surface area contributed by atoms with Crippen LogP contribution in [0.2, 0.25) is 0 Å². The zero-order valence-corrected chi connectivity index (χ0v) is 10.1. The van der Waals surface area contributed by atoms with Gasteiger partial charge in [0.05, 0.1) is 0 Å². The normalized spacial score (nSPS) is 13.7. The van der Waals surface area contributed by atoms with Crippen molar-refractivity contribution in [2.24, 2.45) is 11.3 Å². The van der Waals surface area contributed by atoms with Crippen molar-refractivity contribution in [1.29, 1.82) is 0 Å². The van der Waals surface area contributed by atoms with E-state index in [0.29, 0.717) is 6.42 Å². The topological polar surface area (TPSA) is 66.4 Å². The molecule has 0 rings (SSSR count). The fraction of sp³-hybridized carbons (Fsp3) is 0.818. The van der Waals surface area contributed by atoms with Crippen molar-refractivity contribution in [2.75, 3.05) is 0 Å². The zero-order chi connectivity index (χ0) is 12.2. The fourth-order valence-electron chi connectivity index (χ4n) is 1.01. The van der Waals surface area contributed by atoms with Crippen molar-refractivity contribution < 1.29 is 14.7 Å². The standard InChI is InChI=1S/C11H21NO3/c1-6-11(4,5)10(15)12-8(7(2)3)9(13)14/h7-8H,6H2,1-5H3,(H,12,15)(H,13,14)/t8-/m0/s1. The van der Waals surface area contributed by atoms with Crippen molar-refractivity contribution in [3.05, 3.63) is 0 Å². The van der Waals surface area contributed by atoms with Crippen molar-refractivity contribution >= 4 is 11.9 Å².